The van der Waals surface area contributed by atoms with Gasteiger partial charge >= 0.3 is 22.6 Å². The van der Waals surface area contributed by atoms with Gasteiger partial charge in [-0.05, 0) is 26.0 Å². The van der Waals surface area contributed by atoms with Crippen LogP contribution in [-0.2, 0) is 31.9 Å². The highest BCUT2D eigenvalue weighted by atomic mass is 35.5. The van der Waals surface area contributed by atoms with Crippen molar-refractivity contribution < 1.29 is 44.8 Å². The Morgan fingerprint density at radius 1 is 1.23 bits per heavy atom. The maximum atomic E-state index is 12.9. The molecule has 0 atom stereocenters. The number of primary amides is 1. The summed E-state index contributed by atoms with van der Waals surface area (Å²) in [4.78, 5) is 14.7. The summed E-state index contributed by atoms with van der Waals surface area (Å²) in [6, 6.07) is 4.32. The number of carbonyl (C=O) groups is 1. The van der Waals surface area contributed by atoms with Crippen molar-refractivity contribution in [1.29, 1.82) is 0 Å². The fourth-order valence-electron chi connectivity index (χ4n) is 2.69. The monoisotopic (exact) mass is 541 g/mol. The molecule has 1 aromatic carbocycles. The van der Waals surface area contributed by atoms with Crippen molar-refractivity contribution >= 4 is 28.0 Å². The lowest BCUT2D eigenvalue weighted by Gasteiger charge is -2.25. The van der Waals surface area contributed by atoms with Gasteiger partial charge in [-0.1, -0.05) is 17.7 Å². The van der Waals surface area contributed by atoms with E-state index in [4.69, 9.17) is 31.5 Å². The number of amides is 1. The molecule has 0 fully saturated rings. The first-order valence-corrected chi connectivity index (χ1v) is 11.6. The number of alkyl halides is 3. The molecule has 0 aliphatic carbocycles. The van der Waals surface area contributed by atoms with Gasteiger partial charge in [0.1, 0.15) is 23.1 Å². The minimum absolute atomic E-state index is 0.0194. The van der Waals surface area contributed by atoms with E-state index in [9.17, 15) is 26.4 Å². The fourth-order valence-corrected chi connectivity index (χ4v) is 4.01. The van der Waals surface area contributed by atoms with Gasteiger partial charge in [0, 0.05) is 37.5 Å². The molecule has 15 heteroatoms. The molecule has 35 heavy (non-hydrogen) atoms. The number of halogens is 4. The van der Waals surface area contributed by atoms with Crippen LogP contribution in [-0.4, -0.2) is 50.2 Å². The van der Waals surface area contributed by atoms with Crippen molar-refractivity contribution in [2.75, 3.05) is 20.3 Å². The zero-order chi connectivity index (χ0) is 26.4. The van der Waals surface area contributed by atoms with Gasteiger partial charge in [-0.3, -0.25) is 0 Å². The predicted octanol–water partition coefficient (Wildman–Crippen LogP) is 4.12. The zero-order valence-corrected chi connectivity index (χ0v) is 20.4. The molecule has 2 rings (SSSR count). The number of nitrogens with two attached hydrogens (primary N) is 1. The number of benzene rings is 1. The summed E-state index contributed by atoms with van der Waals surface area (Å²) in [6.07, 6.45) is -5.64. The molecular weight excluding hydrogens is 519 g/mol. The fraction of sp³-hybridized carbons (Fsp3) is 0.400. The number of nitrogens with zero attached hydrogens (tertiary/aromatic N) is 2. The van der Waals surface area contributed by atoms with Gasteiger partial charge in [-0.2, -0.15) is 25.9 Å². The Morgan fingerprint density at radius 2 is 1.91 bits per heavy atom. The van der Waals surface area contributed by atoms with Gasteiger partial charge in [0.2, 0.25) is 5.88 Å². The van der Waals surface area contributed by atoms with E-state index in [1.54, 1.807) is 0 Å². The molecule has 1 amide bonds. The summed E-state index contributed by atoms with van der Waals surface area (Å²) in [5.41, 5.74) is 4.01. The SMILES string of the molecule is COCCOc1ccc(CN(C(C)C)S(=O)(=O)OC(N)=O)c(Oc2ncc(C(F)(F)F)cc2Cl)c1. The van der Waals surface area contributed by atoms with Gasteiger partial charge in [-0.15, -0.1) is 0 Å². The third-order valence-corrected chi connectivity index (χ3v) is 6.08. The Bertz CT molecular complexity index is 1150. The highest BCUT2D eigenvalue weighted by molar-refractivity contribution is 7.84. The van der Waals surface area contributed by atoms with Gasteiger partial charge in [-0.25, -0.2) is 9.78 Å². The first-order valence-electron chi connectivity index (χ1n) is 9.90. The van der Waals surface area contributed by atoms with Crippen LogP contribution < -0.4 is 15.2 Å². The average Bonchev–Trinajstić information content (AvgIpc) is 2.72. The summed E-state index contributed by atoms with van der Waals surface area (Å²) >= 11 is 5.95. The third-order valence-electron chi connectivity index (χ3n) is 4.31. The number of carbonyl (C=O) groups excluding carboxylic acids is 1. The normalized spacial score (nSPS) is 12.1. The van der Waals surface area contributed by atoms with Crippen LogP contribution in [0.3, 0.4) is 0 Å². The molecule has 0 spiro atoms. The molecule has 0 aliphatic heterocycles. The first-order chi connectivity index (χ1) is 16.2. The molecule has 0 aliphatic rings. The number of rotatable bonds is 11. The number of pyridine rings is 1. The smallest absolute Gasteiger partial charge is 0.421 e. The highest BCUT2D eigenvalue weighted by Crippen LogP contribution is 2.37. The quantitative estimate of drug-likeness (QED) is 0.420. The van der Waals surface area contributed by atoms with Crippen LogP contribution in [0.1, 0.15) is 25.0 Å². The number of ether oxygens (including phenoxy) is 3. The maximum absolute atomic E-state index is 12.9. The van der Waals surface area contributed by atoms with Crippen molar-refractivity contribution in [3.8, 4) is 17.4 Å². The van der Waals surface area contributed by atoms with Crippen molar-refractivity contribution in [3.63, 3.8) is 0 Å². The number of hydrogen-bond donors (Lipinski definition) is 1. The van der Waals surface area contributed by atoms with Crippen molar-refractivity contribution in [2.45, 2.75) is 32.6 Å². The summed E-state index contributed by atoms with van der Waals surface area (Å²) in [6.45, 7) is 3.14. The second-order valence-corrected chi connectivity index (χ2v) is 9.12. The molecule has 2 N–H and O–H groups in total. The molecule has 0 saturated carbocycles. The lowest BCUT2D eigenvalue weighted by molar-refractivity contribution is -0.137. The van der Waals surface area contributed by atoms with Gasteiger partial charge in [0.25, 0.3) is 0 Å². The van der Waals surface area contributed by atoms with Crippen LogP contribution in [0.2, 0.25) is 5.02 Å². The molecule has 0 radical (unpaired) electrons. The van der Waals surface area contributed by atoms with Crippen LogP contribution in [0.5, 0.6) is 17.4 Å². The Morgan fingerprint density at radius 3 is 2.46 bits per heavy atom. The molecule has 1 heterocycles. The largest absolute Gasteiger partial charge is 0.491 e. The summed E-state index contributed by atoms with van der Waals surface area (Å²) in [7, 11) is -3.10. The second-order valence-electron chi connectivity index (χ2n) is 7.22. The minimum Gasteiger partial charge on any atom is -0.491 e. The first kappa shape index (κ1) is 28.4. The van der Waals surface area contributed by atoms with Gasteiger partial charge in [0.15, 0.2) is 0 Å². The molecule has 0 unspecified atom stereocenters. The Labute approximate surface area is 204 Å². The second kappa shape index (κ2) is 11.7. The summed E-state index contributed by atoms with van der Waals surface area (Å²) < 4.78 is 84.9. The van der Waals surface area contributed by atoms with Crippen LogP contribution in [0.15, 0.2) is 30.5 Å². The van der Waals surface area contributed by atoms with E-state index in [-0.39, 0.29) is 42.7 Å². The Kier molecular flexibility index (Phi) is 9.54. The van der Waals surface area contributed by atoms with Gasteiger partial charge < -0.3 is 24.1 Å². The van der Waals surface area contributed by atoms with Crippen LogP contribution in [0.4, 0.5) is 18.0 Å². The average molecular weight is 542 g/mol. The van der Waals surface area contributed by atoms with Crippen molar-refractivity contribution in [1.82, 2.24) is 9.29 Å². The molecule has 194 valence electrons. The van der Waals surface area contributed by atoms with E-state index in [0.717, 1.165) is 4.31 Å². The van der Waals surface area contributed by atoms with Crippen LogP contribution in [0, 0.1) is 0 Å². The number of aromatic nitrogens is 1. The molecule has 2 aromatic rings. The standard InChI is InChI=1S/C20H23ClF3N3O7S/c1-12(2)27(35(29,30)34-19(25)28)11-13-4-5-15(32-7-6-31-3)9-17(13)33-18-16(21)8-14(10-26-18)20(22,23)24/h4-5,8-10,12H,6-7,11H2,1-3H3,(H2,25,28). The van der Waals surface area contributed by atoms with E-state index < -0.39 is 39.2 Å². The number of hydrogen-bond acceptors (Lipinski definition) is 8. The molecular formula is C20H23ClF3N3O7S. The third kappa shape index (κ3) is 8.13. The van der Waals surface area contributed by atoms with Gasteiger partial charge in [0.05, 0.1) is 12.2 Å². The highest BCUT2D eigenvalue weighted by Gasteiger charge is 2.32. The predicted molar refractivity (Wildman–Crippen MR) is 118 cm³/mol. The molecule has 0 bridgehead atoms. The van der Waals surface area contributed by atoms with E-state index in [1.165, 1.54) is 39.2 Å². The van der Waals surface area contributed by atoms with Crippen LogP contribution in [0.25, 0.3) is 0 Å². The zero-order valence-electron chi connectivity index (χ0n) is 18.8. The van der Waals surface area contributed by atoms with E-state index in [0.29, 0.717) is 12.3 Å². The van der Waals surface area contributed by atoms with E-state index in [1.807, 2.05) is 0 Å². The minimum atomic E-state index is -4.66. The van der Waals surface area contributed by atoms with E-state index >= 15 is 0 Å². The lowest BCUT2D eigenvalue weighted by atomic mass is 10.1. The molecule has 0 saturated heterocycles. The Balaban J connectivity index is 2.47. The molecule has 10 nitrogen and oxygen atoms in total. The van der Waals surface area contributed by atoms with Crippen molar-refractivity contribution in [3.05, 3.63) is 46.6 Å². The maximum Gasteiger partial charge on any atom is 0.421 e. The summed E-state index contributed by atoms with van der Waals surface area (Å²) in [5.74, 6) is -0.0903. The number of methoxy groups -OCH3 is 1. The molecule has 1 aromatic heterocycles. The van der Waals surface area contributed by atoms with Crippen molar-refractivity contribution in [2.24, 2.45) is 5.73 Å². The summed E-state index contributed by atoms with van der Waals surface area (Å²) in [5, 5.41) is -0.429. The lowest BCUT2D eigenvalue weighted by Crippen LogP contribution is -2.39. The van der Waals surface area contributed by atoms with Crippen LogP contribution >= 0.6 is 11.6 Å². The van der Waals surface area contributed by atoms with E-state index in [2.05, 4.69) is 9.17 Å². The Hall–Kier alpha value is -2.81. The topological polar surface area (TPSA) is 130 Å².